The Morgan fingerprint density at radius 2 is 2.05 bits per heavy atom. The fourth-order valence-corrected chi connectivity index (χ4v) is 3.01. The first kappa shape index (κ1) is 12.7. The third-order valence-corrected chi connectivity index (χ3v) is 4.19. The van der Waals surface area contributed by atoms with Crippen LogP contribution in [0.2, 0.25) is 0 Å². The van der Waals surface area contributed by atoms with E-state index >= 15 is 0 Å². The van der Waals surface area contributed by atoms with Gasteiger partial charge in [0.25, 0.3) is 0 Å². The molecule has 0 amide bonds. The Hall–Kier alpha value is -2.28. The molecule has 0 aliphatic carbocycles. The van der Waals surface area contributed by atoms with Gasteiger partial charge in [-0.1, -0.05) is 31.9 Å². The van der Waals surface area contributed by atoms with Crippen molar-refractivity contribution in [3.63, 3.8) is 0 Å². The Morgan fingerprint density at radius 3 is 2.75 bits per heavy atom. The van der Waals surface area contributed by atoms with Gasteiger partial charge in [-0.05, 0) is 23.5 Å². The van der Waals surface area contributed by atoms with Crippen LogP contribution >= 0.6 is 0 Å². The second-order valence-corrected chi connectivity index (χ2v) is 5.86. The van der Waals surface area contributed by atoms with Gasteiger partial charge in [-0.25, -0.2) is 0 Å². The van der Waals surface area contributed by atoms with E-state index in [2.05, 4.69) is 19.8 Å². The molecule has 0 bridgehead atoms. The molecule has 0 saturated heterocycles. The van der Waals surface area contributed by atoms with Gasteiger partial charge >= 0.3 is 11.1 Å². The molecule has 4 nitrogen and oxygen atoms in total. The lowest BCUT2D eigenvalue weighted by Gasteiger charge is -2.33. The summed E-state index contributed by atoms with van der Waals surface area (Å²) < 4.78 is 3.00. The lowest BCUT2D eigenvalue weighted by atomic mass is 9.78. The maximum Gasteiger partial charge on any atom is 0.317 e. The van der Waals surface area contributed by atoms with Crippen LogP contribution in [0.4, 0.5) is 0 Å². The first-order valence-corrected chi connectivity index (χ1v) is 6.67. The van der Waals surface area contributed by atoms with Crippen LogP contribution in [-0.4, -0.2) is 9.13 Å². The van der Waals surface area contributed by atoms with Crippen molar-refractivity contribution in [2.24, 2.45) is 0 Å². The fraction of sp³-hybridized carbons (Fsp3) is 0.375. The van der Waals surface area contributed by atoms with Crippen LogP contribution in [-0.2, 0) is 18.5 Å². The Labute approximate surface area is 116 Å². The zero-order chi connectivity index (χ0) is 14.5. The van der Waals surface area contributed by atoms with Crippen LogP contribution in [0.15, 0.2) is 27.8 Å². The lowest BCUT2D eigenvalue weighted by molar-refractivity contribution is 0.415. The molecule has 2 heterocycles. The Kier molecular flexibility index (Phi) is 2.62. The van der Waals surface area contributed by atoms with E-state index in [1.807, 2.05) is 18.2 Å². The van der Waals surface area contributed by atoms with Gasteiger partial charge in [0.15, 0.2) is 0 Å². The van der Waals surface area contributed by atoms with Crippen molar-refractivity contribution >= 4 is 11.0 Å². The third kappa shape index (κ3) is 1.56. The van der Waals surface area contributed by atoms with E-state index < -0.39 is 11.1 Å². The van der Waals surface area contributed by atoms with Crippen LogP contribution in [0.5, 0.6) is 0 Å². The number of terminal acetylenes is 1. The van der Waals surface area contributed by atoms with E-state index in [-0.39, 0.29) is 12.0 Å². The van der Waals surface area contributed by atoms with Gasteiger partial charge in [-0.15, -0.1) is 6.42 Å². The summed E-state index contributed by atoms with van der Waals surface area (Å²) in [7, 11) is 0. The molecule has 20 heavy (non-hydrogen) atoms. The number of hydrogen-bond acceptors (Lipinski definition) is 2. The molecule has 1 aromatic carbocycles. The number of para-hydroxylation sites is 1. The maximum absolute atomic E-state index is 12.3. The SMILES string of the molecule is C#CCn1c(=O)c(=O)n2c3c(cccc31)C(C)(C)CC2. The molecule has 3 rings (SSSR count). The van der Waals surface area contributed by atoms with Crippen molar-refractivity contribution in [3.05, 3.63) is 44.5 Å². The largest absolute Gasteiger partial charge is 0.317 e. The second-order valence-electron chi connectivity index (χ2n) is 5.86. The van der Waals surface area contributed by atoms with Crippen molar-refractivity contribution in [2.45, 2.75) is 38.8 Å². The predicted octanol–water partition coefficient (Wildman–Crippen LogP) is 1.48. The van der Waals surface area contributed by atoms with Gasteiger partial charge in [-0.3, -0.25) is 14.2 Å². The summed E-state index contributed by atoms with van der Waals surface area (Å²) in [4.78, 5) is 24.5. The van der Waals surface area contributed by atoms with Crippen molar-refractivity contribution in [2.75, 3.05) is 0 Å². The minimum absolute atomic E-state index is 0.00960. The number of benzene rings is 1. The highest BCUT2D eigenvalue weighted by Gasteiger charge is 2.30. The van der Waals surface area contributed by atoms with Crippen molar-refractivity contribution in [1.82, 2.24) is 9.13 Å². The summed E-state index contributed by atoms with van der Waals surface area (Å²) in [6.07, 6.45) is 6.17. The molecule has 0 N–H and O–H groups in total. The first-order valence-electron chi connectivity index (χ1n) is 6.67. The number of aryl methyl sites for hydroxylation is 1. The van der Waals surface area contributed by atoms with E-state index in [0.29, 0.717) is 6.54 Å². The average molecular weight is 268 g/mol. The summed E-state index contributed by atoms with van der Waals surface area (Å²) in [6.45, 7) is 5.01. The molecule has 1 aromatic heterocycles. The molecule has 0 saturated carbocycles. The molecule has 0 unspecified atom stereocenters. The molecule has 1 aliphatic rings. The average Bonchev–Trinajstić information content (AvgIpc) is 2.42. The van der Waals surface area contributed by atoms with E-state index in [9.17, 15) is 9.59 Å². The van der Waals surface area contributed by atoms with Crippen LogP contribution in [0.3, 0.4) is 0 Å². The number of aromatic nitrogens is 2. The Balaban J connectivity index is 2.57. The molecule has 1 aliphatic heterocycles. The standard InChI is InChI=1S/C16H16N2O2/c1-4-9-17-12-7-5-6-11-13(12)18(15(20)14(17)19)10-8-16(11,2)3/h1,5-7H,8-10H2,2-3H3. The van der Waals surface area contributed by atoms with Gasteiger partial charge in [0, 0.05) is 6.54 Å². The minimum Gasteiger partial charge on any atom is -0.302 e. The summed E-state index contributed by atoms with van der Waals surface area (Å²) >= 11 is 0. The van der Waals surface area contributed by atoms with Crippen LogP contribution in [0.1, 0.15) is 25.8 Å². The summed E-state index contributed by atoms with van der Waals surface area (Å²) in [5, 5.41) is 0. The van der Waals surface area contributed by atoms with E-state index in [1.165, 1.54) is 4.57 Å². The first-order chi connectivity index (χ1) is 9.47. The highest BCUT2D eigenvalue weighted by molar-refractivity contribution is 5.81. The molecular formula is C16H16N2O2. The molecule has 102 valence electrons. The van der Waals surface area contributed by atoms with Gasteiger partial charge in [0.05, 0.1) is 17.6 Å². The Bertz CT molecular complexity index is 863. The zero-order valence-corrected chi connectivity index (χ0v) is 11.6. The lowest BCUT2D eigenvalue weighted by Crippen LogP contribution is -2.44. The van der Waals surface area contributed by atoms with Gasteiger partial charge in [0.1, 0.15) is 0 Å². The topological polar surface area (TPSA) is 44.0 Å². The van der Waals surface area contributed by atoms with E-state index in [0.717, 1.165) is 23.0 Å². The minimum atomic E-state index is -0.535. The monoisotopic (exact) mass is 268 g/mol. The van der Waals surface area contributed by atoms with Crippen molar-refractivity contribution in [1.29, 1.82) is 0 Å². The van der Waals surface area contributed by atoms with Crippen LogP contribution in [0, 0.1) is 12.3 Å². The molecule has 4 heteroatoms. The molecule has 0 radical (unpaired) electrons. The van der Waals surface area contributed by atoms with Crippen LogP contribution < -0.4 is 11.1 Å². The predicted molar refractivity (Wildman–Crippen MR) is 78.9 cm³/mol. The second kappa shape index (κ2) is 4.11. The summed E-state index contributed by atoms with van der Waals surface area (Å²) in [6, 6.07) is 5.81. The van der Waals surface area contributed by atoms with Crippen molar-refractivity contribution in [3.8, 4) is 12.3 Å². The van der Waals surface area contributed by atoms with Gasteiger partial charge in [0.2, 0.25) is 0 Å². The molecular weight excluding hydrogens is 252 g/mol. The molecule has 2 aromatic rings. The fourth-order valence-electron chi connectivity index (χ4n) is 3.01. The molecule has 0 fully saturated rings. The molecule has 0 atom stereocenters. The zero-order valence-electron chi connectivity index (χ0n) is 11.6. The highest BCUT2D eigenvalue weighted by atomic mass is 16.2. The van der Waals surface area contributed by atoms with Crippen LogP contribution in [0.25, 0.3) is 11.0 Å². The van der Waals surface area contributed by atoms with Gasteiger partial charge in [-0.2, -0.15) is 0 Å². The normalized spacial score (nSPS) is 16.1. The highest BCUT2D eigenvalue weighted by Crippen LogP contribution is 2.36. The number of nitrogens with zero attached hydrogens (tertiary/aromatic N) is 2. The van der Waals surface area contributed by atoms with E-state index in [4.69, 9.17) is 6.42 Å². The van der Waals surface area contributed by atoms with Crippen molar-refractivity contribution < 1.29 is 0 Å². The summed E-state index contributed by atoms with van der Waals surface area (Å²) in [5.41, 5.74) is 1.68. The maximum atomic E-state index is 12.3. The number of rotatable bonds is 1. The van der Waals surface area contributed by atoms with E-state index in [1.54, 1.807) is 4.57 Å². The Morgan fingerprint density at radius 1 is 1.30 bits per heavy atom. The number of hydrogen-bond donors (Lipinski definition) is 0. The third-order valence-electron chi connectivity index (χ3n) is 4.19. The van der Waals surface area contributed by atoms with Gasteiger partial charge < -0.3 is 4.57 Å². The molecule has 0 spiro atoms. The summed E-state index contributed by atoms with van der Waals surface area (Å²) in [5.74, 6) is 2.45. The quantitative estimate of drug-likeness (QED) is 0.581. The smallest absolute Gasteiger partial charge is 0.302 e.